The largest absolute Gasteiger partial charge is 0.384 e. The number of hydrogen-bond acceptors (Lipinski definition) is 4. The van der Waals surface area contributed by atoms with Gasteiger partial charge in [-0.1, -0.05) is 0 Å². The highest BCUT2D eigenvalue weighted by Gasteiger charge is 2.14. The van der Waals surface area contributed by atoms with Gasteiger partial charge in [0.05, 0.1) is 18.8 Å². The summed E-state index contributed by atoms with van der Waals surface area (Å²) in [4.78, 5) is 5.13. The molecule has 80 valence electrons. The number of nitriles is 1. The SMILES string of the molecule is N#Cc1c(CN2CCOCC2)c[nH]c1N. The maximum atomic E-state index is 8.92. The van der Waals surface area contributed by atoms with Crippen LogP contribution in [-0.4, -0.2) is 36.2 Å². The molecule has 5 heteroatoms. The fourth-order valence-electron chi connectivity index (χ4n) is 1.74. The second-order valence-electron chi connectivity index (χ2n) is 3.60. The van der Waals surface area contributed by atoms with Crippen molar-refractivity contribution in [3.8, 4) is 6.07 Å². The zero-order valence-corrected chi connectivity index (χ0v) is 8.49. The van der Waals surface area contributed by atoms with Crippen molar-refractivity contribution in [2.24, 2.45) is 0 Å². The summed E-state index contributed by atoms with van der Waals surface area (Å²) >= 11 is 0. The molecule has 0 spiro atoms. The molecule has 0 unspecified atom stereocenters. The van der Waals surface area contributed by atoms with E-state index in [-0.39, 0.29) is 0 Å². The van der Waals surface area contributed by atoms with Crippen molar-refractivity contribution in [1.82, 2.24) is 9.88 Å². The van der Waals surface area contributed by atoms with Gasteiger partial charge in [-0.15, -0.1) is 0 Å². The van der Waals surface area contributed by atoms with Crippen LogP contribution in [0.4, 0.5) is 5.82 Å². The summed E-state index contributed by atoms with van der Waals surface area (Å²) in [5.74, 6) is 0.459. The van der Waals surface area contributed by atoms with Crippen LogP contribution >= 0.6 is 0 Å². The van der Waals surface area contributed by atoms with Crippen molar-refractivity contribution >= 4 is 5.82 Å². The number of rotatable bonds is 2. The van der Waals surface area contributed by atoms with Gasteiger partial charge in [-0.25, -0.2) is 0 Å². The standard InChI is InChI=1S/C10H14N4O/c11-5-9-8(6-13-10(9)12)7-14-1-3-15-4-2-14/h6,13H,1-4,7,12H2. The molecule has 2 heterocycles. The molecule has 0 saturated carbocycles. The maximum Gasteiger partial charge on any atom is 0.119 e. The first-order chi connectivity index (χ1) is 7.31. The van der Waals surface area contributed by atoms with Crippen LogP contribution in [-0.2, 0) is 11.3 Å². The van der Waals surface area contributed by atoms with Crippen molar-refractivity contribution in [2.45, 2.75) is 6.54 Å². The summed E-state index contributed by atoms with van der Waals surface area (Å²) in [5.41, 5.74) is 7.18. The molecule has 1 saturated heterocycles. The smallest absolute Gasteiger partial charge is 0.119 e. The number of nitrogen functional groups attached to an aromatic ring is 1. The van der Waals surface area contributed by atoms with E-state index in [9.17, 15) is 0 Å². The molecule has 0 amide bonds. The highest BCUT2D eigenvalue weighted by molar-refractivity contribution is 5.53. The van der Waals surface area contributed by atoms with Crippen LogP contribution in [0.3, 0.4) is 0 Å². The van der Waals surface area contributed by atoms with Crippen molar-refractivity contribution < 1.29 is 4.74 Å². The number of aromatic nitrogens is 1. The lowest BCUT2D eigenvalue weighted by Crippen LogP contribution is -2.35. The number of nitrogens with one attached hydrogen (secondary N) is 1. The van der Waals surface area contributed by atoms with Crippen LogP contribution in [0.2, 0.25) is 0 Å². The number of nitrogens with zero attached hydrogens (tertiary/aromatic N) is 2. The van der Waals surface area contributed by atoms with Crippen molar-refractivity contribution in [1.29, 1.82) is 5.26 Å². The second-order valence-corrected chi connectivity index (χ2v) is 3.60. The molecule has 1 fully saturated rings. The van der Waals surface area contributed by atoms with Crippen LogP contribution in [0, 0.1) is 11.3 Å². The Hall–Kier alpha value is -1.51. The Morgan fingerprint density at radius 3 is 2.93 bits per heavy atom. The molecule has 15 heavy (non-hydrogen) atoms. The Labute approximate surface area is 88.4 Å². The number of hydrogen-bond donors (Lipinski definition) is 2. The van der Waals surface area contributed by atoms with Gasteiger partial charge in [0.15, 0.2) is 0 Å². The highest BCUT2D eigenvalue weighted by Crippen LogP contribution is 2.17. The van der Waals surface area contributed by atoms with Gasteiger partial charge < -0.3 is 15.5 Å². The van der Waals surface area contributed by atoms with Gasteiger partial charge in [-0.2, -0.15) is 5.26 Å². The minimum absolute atomic E-state index is 0.459. The molecule has 1 aromatic rings. The Kier molecular flexibility index (Phi) is 2.90. The van der Waals surface area contributed by atoms with Gasteiger partial charge in [0.1, 0.15) is 11.9 Å². The van der Waals surface area contributed by atoms with Gasteiger partial charge in [-0.3, -0.25) is 4.90 Å². The molecular formula is C10H14N4O. The van der Waals surface area contributed by atoms with E-state index >= 15 is 0 Å². The summed E-state index contributed by atoms with van der Waals surface area (Å²) in [6.07, 6.45) is 1.81. The topological polar surface area (TPSA) is 78.1 Å². The van der Waals surface area contributed by atoms with Crippen molar-refractivity contribution in [2.75, 3.05) is 32.0 Å². The Morgan fingerprint density at radius 2 is 2.27 bits per heavy atom. The van der Waals surface area contributed by atoms with Crippen LogP contribution in [0.15, 0.2) is 6.20 Å². The number of morpholine rings is 1. The number of anilines is 1. The monoisotopic (exact) mass is 206 g/mol. The molecule has 2 rings (SSSR count). The summed E-state index contributed by atoms with van der Waals surface area (Å²) in [7, 11) is 0. The molecule has 0 bridgehead atoms. The fourth-order valence-corrected chi connectivity index (χ4v) is 1.74. The van der Waals surface area contributed by atoms with E-state index in [0.717, 1.165) is 38.4 Å². The first kappa shape index (κ1) is 10.0. The van der Waals surface area contributed by atoms with Gasteiger partial charge in [0.25, 0.3) is 0 Å². The summed E-state index contributed by atoms with van der Waals surface area (Å²) in [6, 6.07) is 2.12. The predicted molar refractivity (Wildman–Crippen MR) is 56.0 cm³/mol. The van der Waals surface area contributed by atoms with Crippen molar-refractivity contribution in [3.05, 3.63) is 17.3 Å². The average molecular weight is 206 g/mol. The molecule has 3 N–H and O–H groups in total. The van der Waals surface area contributed by atoms with Crippen LogP contribution in [0.25, 0.3) is 0 Å². The molecule has 5 nitrogen and oxygen atoms in total. The minimum atomic E-state index is 0.459. The number of nitrogens with two attached hydrogens (primary N) is 1. The van der Waals surface area contributed by atoms with E-state index in [0.29, 0.717) is 11.4 Å². The lowest BCUT2D eigenvalue weighted by Gasteiger charge is -2.26. The Bertz CT molecular complexity index is 373. The summed E-state index contributed by atoms with van der Waals surface area (Å²) in [6.45, 7) is 4.12. The van der Waals surface area contributed by atoms with Crippen molar-refractivity contribution in [3.63, 3.8) is 0 Å². The molecule has 1 aliphatic rings. The van der Waals surface area contributed by atoms with Crippen LogP contribution in [0.1, 0.15) is 11.1 Å². The fraction of sp³-hybridized carbons (Fsp3) is 0.500. The zero-order valence-electron chi connectivity index (χ0n) is 8.49. The number of aromatic amines is 1. The lowest BCUT2D eigenvalue weighted by molar-refractivity contribution is 0.0342. The van der Waals surface area contributed by atoms with E-state index in [1.165, 1.54) is 0 Å². The molecule has 1 aromatic heterocycles. The molecule has 0 aromatic carbocycles. The average Bonchev–Trinajstić information content (AvgIpc) is 2.61. The molecule has 0 atom stereocenters. The van der Waals surface area contributed by atoms with E-state index < -0.39 is 0 Å². The molecule has 0 aliphatic carbocycles. The second kappa shape index (κ2) is 4.34. The van der Waals surface area contributed by atoms with E-state index in [2.05, 4.69) is 16.0 Å². The maximum absolute atomic E-state index is 8.92. The quantitative estimate of drug-likeness (QED) is 0.729. The normalized spacial score (nSPS) is 17.5. The van der Waals surface area contributed by atoms with E-state index in [1.54, 1.807) is 0 Å². The van der Waals surface area contributed by atoms with Gasteiger partial charge in [-0.05, 0) is 0 Å². The lowest BCUT2D eigenvalue weighted by atomic mass is 10.2. The summed E-state index contributed by atoms with van der Waals surface area (Å²) < 4.78 is 5.26. The van der Waals surface area contributed by atoms with E-state index in [4.69, 9.17) is 15.7 Å². The summed E-state index contributed by atoms with van der Waals surface area (Å²) in [5, 5.41) is 8.92. The van der Waals surface area contributed by atoms with Crippen LogP contribution in [0.5, 0.6) is 0 Å². The van der Waals surface area contributed by atoms with Gasteiger partial charge in [0, 0.05) is 31.4 Å². The minimum Gasteiger partial charge on any atom is -0.384 e. The first-order valence-corrected chi connectivity index (χ1v) is 4.97. The third kappa shape index (κ3) is 2.12. The third-order valence-electron chi connectivity index (χ3n) is 2.60. The van der Waals surface area contributed by atoms with Crippen LogP contribution < -0.4 is 5.73 Å². The van der Waals surface area contributed by atoms with Gasteiger partial charge >= 0.3 is 0 Å². The first-order valence-electron chi connectivity index (χ1n) is 4.97. The third-order valence-corrected chi connectivity index (χ3v) is 2.60. The molecule has 0 radical (unpaired) electrons. The Balaban J connectivity index is 2.06. The highest BCUT2D eigenvalue weighted by atomic mass is 16.5. The molecule has 1 aliphatic heterocycles. The zero-order chi connectivity index (χ0) is 10.7. The predicted octanol–water partition coefficient (Wildman–Crippen LogP) is 0.301. The van der Waals surface area contributed by atoms with E-state index in [1.807, 2.05) is 6.20 Å². The number of ether oxygens (including phenoxy) is 1. The molecular weight excluding hydrogens is 192 g/mol. The number of H-pyrrole nitrogens is 1. The van der Waals surface area contributed by atoms with Gasteiger partial charge in [0.2, 0.25) is 0 Å². The Morgan fingerprint density at radius 1 is 1.53 bits per heavy atom.